The van der Waals surface area contributed by atoms with Crippen molar-refractivity contribution >= 4 is 32.8 Å². The van der Waals surface area contributed by atoms with Crippen LogP contribution >= 0.6 is 15.9 Å². The Kier molecular flexibility index (Phi) is 4.44. The highest BCUT2D eigenvalue weighted by molar-refractivity contribution is 9.10. The molecule has 1 heteroatoms. The highest BCUT2D eigenvalue weighted by Crippen LogP contribution is 2.40. The van der Waals surface area contributed by atoms with Crippen molar-refractivity contribution in [3.63, 3.8) is 0 Å². The monoisotopic (exact) mass is 350 g/mol. The first-order valence-corrected chi connectivity index (χ1v) is 8.48. The minimum Gasteiger partial charge on any atom is -0.0870 e. The molecule has 0 amide bonds. The molecular weight excluding hydrogens is 332 g/mol. The van der Waals surface area contributed by atoms with Crippen LogP contribution in [0, 0.1) is 0 Å². The van der Waals surface area contributed by atoms with Crippen molar-refractivity contribution in [3.8, 4) is 11.1 Å². The molecule has 0 aliphatic heterocycles. The summed E-state index contributed by atoms with van der Waals surface area (Å²) in [6.07, 6.45) is 5.37. The molecule has 0 saturated heterocycles. The van der Waals surface area contributed by atoms with Gasteiger partial charge in [0.2, 0.25) is 0 Å². The second-order valence-corrected chi connectivity index (χ2v) is 6.14. The molecule has 0 nitrogen and oxygen atoms in total. The van der Waals surface area contributed by atoms with Crippen molar-refractivity contribution in [1.82, 2.24) is 0 Å². The van der Waals surface area contributed by atoms with Gasteiger partial charge in [-0.2, -0.15) is 0 Å². The van der Waals surface area contributed by atoms with Gasteiger partial charge in [-0.25, -0.2) is 0 Å². The molecule has 0 aromatic heterocycles. The van der Waals surface area contributed by atoms with Crippen LogP contribution in [0.3, 0.4) is 0 Å². The summed E-state index contributed by atoms with van der Waals surface area (Å²) < 4.78 is 1.22. The maximum atomic E-state index is 3.84. The largest absolute Gasteiger partial charge is 0.0870 e. The van der Waals surface area contributed by atoms with Crippen molar-refractivity contribution in [2.45, 2.75) is 20.3 Å². The average molecular weight is 351 g/mol. The van der Waals surface area contributed by atoms with E-state index in [1.54, 1.807) is 0 Å². The van der Waals surface area contributed by atoms with Crippen molar-refractivity contribution in [3.05, 3.63) is 76.3 Å². The number of halogens is 1. The zero-order valence-corrected chi connectivity index (χ0v) is 14.5. The van der Waals surface area contributed by atoms with E-state index in [0.29, 0.717) is 0 Å². The molecule has 22 heavy (non-hydrogen) atoms. The van der Waals surface area contributed by atoms with Crippen LogP contribution in [0.25, 0.3) is 28.0 Å². The quantitative estimate of drug-likeness (QED) is 0.483. The first-order valence-electron chi connectivity index (χ1n) is 7.69. The SMILES string of the molecule is C/C=C\c1c(CC)c(Br)c2ccccc2c1-c1ccccc1. The number of rotatable bonds is 3. The van der Waals surface area contributed by atoms with Crippen LogP contribution in [0.5, 0.6) is 0 Å². The van der Waals surface area contributed by atoms with Crippen LogP contribution in [-0.4, -0.2) is 0 Å². The van der Waals surface area contributed by atoms with Gasteiger partial charge in [0.1, 0.15) is 0 Å². The van der Waals surface area contributed by atoms with Gasteiger partial charge in [0.25, 0.3) is 0 Å². The molecule has 0 heterocycles. The van der Waals surface area contributed by atoms with Gasteiger partial charge in [0, 0.05) is 4.47 Å². The van der Waals surface area contributed by atoms with Crippen LogP contribution in [0.15, 0.2) is 65.1 Å². The maximum Gasteiger partial charge on any atom is 0.0292 e. The topological polar surface area (TPSA) is 0 Å². The Hall–Kier alpha value is -1.86. The van der Waals surface area contributed by atoms with E-state index in [1.807, 2.05) is 0 Å². The molecule has 3 aromatic rings. The molecule has 0 N–H and O–H groups in total. The summed E-state index contributed by atoms with van der Waals surface area (Å²) in [7, 11) is 0. The van der Waals surface area contributed by atoms with Crippen LogP contribution in [0.4, 0.5) is 0 Å². The Morgan fingerprint density at radius 2 is 1.55 bits per heavy atom. The predicted octanol–water partition coefficient (Wildman–Crippen LogP) is 6.86. The molecule has 0 fully saturated rings. The van der Waals surface area contributed by atoms with Crippen molar-refractivity contribution in [2.24, 2.45) is 0 Å². The molecule has 0 bridgehead atoms. The zero-order valence-electron chi connectivity index (χ0n) is 12.9. The molecule has 0 unspecified atom stereocenters. The third kappa shape index (κ3) is 2.50. The summed E-state index contributed by atoms with van der Waals surface area (Å²) >= 11 is 3.84. The predicted molar refractivity (Wildman–Crippen MR) is 101 cm³/mol. The lowest BCUT2D eigenvalue weighted by Crippen LogP contribution is -1.96. The Balaban J connectivity index is 2.51. The second kappa shape index (κ2) is 6.50. The Bertz CT molecular complexity index is 829. The minimum atomic E-state index is 1.00. The number of hydrogen-bond donors (Lipinski definition) is 0. The van der Waals surface area contributed by atoms with Gasteiger partial charge < -0.3 is 0 Å². The molecule has 3 aromatic carbocycles. The standard InChI is InChI=1S/C21H19Br/c1-3-10-17-16(4-2)21(22)19-14-9-8-13-18(19)20(17)15-11-6-5-7-12-15/h3,5-14H,4H2,1-2H3/b10-3-. The van der Waals surface area contributed by atoms with E-state index in [0.717, 1.165) is 6.42 Å². The lowest BCUT2D eigenvalue weighted by molar-refractivity contribution is 1.13. The van der Waals surface area contributed by atoms with Crippen LogP contribution in [0.1, 0.15) is 25.0 Å². The van der Waals surface area contributed by atoms with Gasteiger partial charge in [0.15, 0.2) is 0 Å². The number of hydrogen-bond acceptors (Lipinski definition) is 0. The summed E-state index contributed by atoms with van der Waals surface area (Å²) in [5.74, 6) is 0. The molecule has 0 atom stereocenters. The van der Waals surface area contributed by atoms with Gasteiger partial charge >= 0.3 is 0 Å². The van der Waals surface area contributed by atoms with Crippen LogP contribution < -0.4 is 0 Å². The molecular formula is C21H19Br. The first kappa shape index (κ1) is 15.1. The van der Waals surface area contributed by atoms with Crippen molar-refractivity contribution < 1.29 is 0 Å². The van der Waals surface area contributed by atoms with Crippen LogP contribution in [-0.2, 0) is 6.42 Å². The number of allylic oxidation sites excluding steroid dienone is 1. The molecule has 0 radical (unpaired) electrons. The van der Waals surface area contributed by atoms with E-state index < -0.39 is 0 Å². The molecule has 0 spiro atoms. The smallest absolute Gasteiger partial charge is 0.0292 e. The normalized spacial score (nSPS) is 11.4. The van der Waals surface area contributed by atoms with E-state index in [2.05, 4.69) is 96.5 Å². The highest BCUT2D eigenvalue weighted by atomic mass is 79.9. The average Bonchev–Trinajstić information content (AvgIpc) is 2.57. The lowest BCUT2D eigenvalue weighted by Gasteiger charge is -2.18. The number of benzene rings is 3. The van der Waals surface area contributed by atoms with Gasteiger partial charge in [-0.1, -0.05) is 73.7 Å². The molecule has 0 aliphatic carbocycles. The van der Waals surface area contributed by atoms with Crippen molar-refractivity contribution in [1.29, 1.82) is 0 Å². The number of fused-ring (bicyclic) bond motifs is 1. The fourth-order valence-electron chi connectivity index (χ4n) is 3.08. The van der Waals surface area contributed by atoms with Gasteiger partial charge in [-0.15, -0.1) is 0 Å². The zero-order chi connectivity index (χ0) is 15.5. The Morgan fingerprint density at radius 1 is 0.909 bits per heavy atom. The Labute approximate surface area is 140 Å². The van der Waals surface area contributed by atoms with Crippen LogP contribution in [0.2, 0.25) is 0 Å². The summed E-state index contributed by atoms with van der Waals surface area (Å²) in [6.45, 7) is 4.30. The first-order chi connectivity index (χ1) is 10.8. The lowest BCUT2D eigenvalue weighted by atomic mass is 9.88. The van der Waals surface area contributed by atoms with Crippen molar-refractivity contribution in [2.75, 3.05) is 0 Å². The fraction of sp³-hybridized carbons (Fsp3) is 0.143. The van der Waals surface area contributed by atoms with Gasteiger partial charge in [0.05, 0.1) is 0 Å². The fourth-order valence-corrected chi connectivity index (χ4v) is 3.92. The molecule has 0 aliphatic rings. The highest BCUT2D eigenvalue weighted by Gasteiger charge is 2.16. The third-order valence-electron chi connectivity index (χ3n) is 4.04. The van der Waals surface area contributed by atoms with E-state index in [-0.39, 0.29) is 0 Å². The van der Waals surface area contributed by atoms with E-state index in [4.69, 9.17) is 0 Å². The summed E-state index contributed by atoms with van der Waals surface area (Å²) in [6, 6.07) is 19.3. The minimum absolute atomic E-state index is 1.00. The molecule has 0 saturated carbocycles. The van der Waals surface area contributed by atoms with E-state index in [9.17, 15) is 0 Å². The van der Waals surface area contributed by atoms with Gasteiger partial charge in [-0.05, 0) is 62.3 Å². The molecule has 110 valence electrons. The van der Waals surface area contributed by atoms with E-state index >= 15 is 0 Å². The third-order valence-corrected chi connectivity index (χ3v) is 4.95. The Morgan fingerprint density at radius 3 is 2.18 bits per heavy atom. The second-order valence-electron chi connectivity index (χ2n) is 5.35. The summed E-state index contributed by atoms with van der Waals surface area (Å²) in [5, 5.41) is 2.58. The van der Waals surface area contributed by atoms with E-state index in [1.165, 1.54) is 37.5 Å². The summed E-state index contributed by atoms with van der Waals surface area (Å²) in [5.41, 5.74) is 5.29. The maximum absolute atomic E-state index is 3.84. The summed E-state index contributed by atoms with van der Waals surface area (Å²) in [4.78, 5) is 0. The van der Waals surface area contributed by atoms with Gasteiger partial charge in [-0.3, -0.25) is 0 Å². The molecule has 3 rings (SSSR count).